The molecule has 2 aromatic rings. The normalized spacial score (nSPS) is 11.9. The first kappa shape index (κ1) is 15.4. The van der Waals surface area contributed by atoms with E-state index < -0.39 is 0 Å². The Bertz CT molecular complexity index is 743. The van der Waals surface area contributed by atoms with Crippen molar-refractivity contribution in [3.63, 3.8) is 0 Å². The highest BCUT2D eigenvalue weighted by atomic mass is 32.1. The van der Waals surface area contributed by atoms with Gasteiger partial charge in [-0.3, -0.25) is 9.59 Å². The molecule has 0 aliphatic carbocycles. The molecule has 0 N–H and O–H groups in total. The van der Waals surface area contributed by atoms with Crippen molar-refractivity contribution >= 4 is 33.4 Å². The summed E-state index contributed by atoms with van der Waals surface area (Å²) in [6, 6.07) is 6.05. The number of aryl methyl sites for hydroxylation is 1. The van der Waals surface area contributed by atoms with Crippen LogP contribution in [0.2, 0.25) is 0 Å². The minimum absolute atomic E-state index is 0.0609. The Morgan fingerprint density at radius 2 is 2.10 bits per heavy atom. The molecule has 1 heterocycles. The zero-order chi connectivity index (χ0) is 15.4. The Hall–Kier alpha value is -1.95. The van der Waals surface area contributed by atoms with E-state index in [-0.39, 0.29) is 18.4 Å². The average Bonchev–Trinajstić information content (AvgIpc) is 2.75. The number of ether oxygens (including phenoxy) is 1. The van der Waals surface area contributed by atoms with Gasteiger partial charge in [0.25, 0.3) is 0 Å². The summed E-state index contributed by atoms with van der Waals surface area (Å²) in [6.45, 7) is 5.65. The van der Waals surface area contributed by atoms with Crippen molar-refractivity contribution in [2.75, 3.05) is 6.61 Å². The van der Waals surface area contributed by atoms with Crippen LogP contribution in [0.3, 0.4) is 0 Å². The molecule has 0 aliphatic heterocycles. The third-order valence-corrected chi connectivity index (χ3v) is 4.04. The second-order valence-corrected chi connectivity index (χ2v) is 5.57. The van der Waals surface area contributed by atoms with Gasteiger partial charge in [-0.05, 0) is 31.0 Å². The molecule has 0 spiro atoms. The van der Waals surface area contributed by atoms with Gasteiger partial charge in [-0.25, -0.2) is 0 Å². The maximum absolute atomic E-state index is 11.8. The molecule has 0 aliphatic rings. The van der Waals surface area contributed by atoms with Gasteiger partial charge in [0.15, 0.2) is 4.80 Å². The van der Waals surface area contributed by atoms with Gasteiger partial charge in [0.05, 0.1) is 16.8 Å². The van der Waals surface area contributed by atoms with Gasteiger partial charge >= 0.3 is 5.97 Å². The van der Waals surface area contributed by atoms with Crippen molar-refractivity contribution in [3.05, 3.63) is 28.6 Å². The number of benzene rings is 1. The number of nitrogens with zero attached hydrogens (tertiary/aromatic N) is 2. The van der Waals surface area contributed by atoms with Crippen molar-refractivity contribution < 1.29 is 14.3 Å². The second-order valence-electron chi connectivity index (χ2n) is 4.56. The third kappa shape index (κ3) is 3.58. The molecule has 1 aromatic heterocycles. The number of carbonyl (C=O) groups excluding carboxylic acids is 2. The first-order valence-electron chi connectivity index (χ1n) is 6.88. The van der Waals surface area contributed by atoms with Crippen LogP contribution in [0, 0.1) is 0 Å². The maximum Gasteiger partial charge on any atom is 0.326 e. The fourth-order valence-corrected chi connectivity index (χ4v) is 3.18. The molecule has 0 radical (unpaired) electrons. The van der Waals surface area contributed by atoms with E-state index in [1.165, 1.54) is 23.8 Å². The van der Waals surface area contributed by atoms with Gasteiger partial charge in [0, 0.05) is 6.92 Å². The Kier molecular flexibility index (Phi) is 4.90. The van der Waals surface area contributed by atoms with Crippen molar-refractivity contribution in [1.29, 1.82) is 0 Å². The fourth-order valence-electron chi connectivity index (χ4n) is 2.05. The molecular formula is C15H18N2O3S. The summed E-state index contributed by atoms with van der Waals surface area (Å²) in [6.07, 6.45) is 0.935. The van der Waals surface area contributed by atoms with E-state index in [0.29, 0.717) is 11.4 Å². The van der Waals surface area contributed by atoms with Crippen molar-refractivity contribution in [1.82, 2.24) is 4.57 Å². The van der Waals surface area contributed by atoms with E-state index in [1.807, 2.05) is 12.1 Å². The number of thiazole rings is 1. The lowest BCUT2D eigenvalue weighted by Crippen LogP contribution is -2.22. The standard InChI is InChI=1S/C15H18N2O3S/c1-4-11-6-7-12-13(8-11)21-15(16-10(3)18)17(12)9-14(19)20-5-2/h6-8H,4-5,9H2,1-3H3. The highest BCUT2D eigenvalue weighted by molar-refractivity contribution is 7.16. The molecule has 1 amide bonds. The number of fused-ring (bicyclic) bond motifs is 1. The van der Waals surface area contributed by atoms with Crippen LogP contribution in [-0.4, -0.2) is 23.1 Å². The quantitative estimate of drug-likeness (QED) is 0.814. The molecule has 0 saturated carbocycles. The highest BCUT2D eigenvalue weighted by Gasteiger charge is 2.11. The Labute approximate surface area is 126 Å². The number of rotatable bonds is 4. The van der Waals surface area contributed by atoms with Crippen LogP contribution in [0.1, 0.15) is 26.3 Å². The van der Waals surface area contributed by atoms with E-state index in [2.05, 4.69) is 18.0 Å². The third-order valence-electron chi connectivity index (χ3n) is 3.00. The summed E-state index contributed by atoms with van der Waals surface area (Å²) in [4.78, 5) is 27.6. The van der Waals surface area contributed by atoms with E-state index in [9.17, 15) is 9.59 Å². The number of carbonyl (C=O) groups is 2. The smallest absolute Gasteiger partial charge is 0.326 e. The SMILES string of the molecule is CCOC(=O)Cn1c(=NC(C)=O)sc2cc(CC)ccc21. The van der Waals surface area contributed by atoms with Gasteiger partial charge in [-0.15, -0.1) is 0 Å². The maximum atomic E-state index is 11.8. The zero-order valence-electron chi connectivity index (χ0n) is 12.4. The topological polar surface area (TPSA) is 60.7 Å². The predicted octanol–water partition coefficient (Wildman–Crippen LogP) is 2.28. The summed E-state index contributed by atoms with van der Waals surface area (Å²) in [7, 11) is 0. The van der Waals surface area contributed by atoms with E-state index >= 15 is 0 Å². The van der Waals surface area contributed by atoms with Crippen molar-refractivity contribution in [2.45, 2.75) is 33.7 Å². The number of aromatic nitrogens is 1. The fraction of sp³-hybridized carbons (Fsp3) is 0.400. The molecule has 0 atom stereocenters. The van der Waals surface area contributed by atoms with Crippen LogP contribution in [-0.2, 0) is 27.3 Å². The van der Waals surface area contributed by atoms with Gasteiger partial charge in [-0.2, -0.15) is 4.99 Å². The zero-order valence-corrected chi connectivity index (χ0v) is 13.2. The molecule has 0 fully saturated rings. The summed E-state index contributed by atoms with van der Waals surface area (Å²) in [5.41, 5.74) is 2.10. The molecule has 1 aromatic carbocycles. The van der Waals surface area contributed by atoms with Crippen LogP contribution in [0.4, 0.5) is 0 Å². The van der Waals surface area contributed by atoms with Gasteiger partial charge in [0.1, 0.15) is 6.54 Å². The lowest BCUT2D eigenvalue weighted by molar-refractivity contribution is -0.143. The van der Waals surface area contributed by atoms with Crippen LogP contribution >= 0.6 is 11.3 Å². The van der Waals surface area contributed by atoms with E-state index in [1.54, 1.807) is 11.5 Å². The lowest BCUT2D eigenvalue weighted by atomic mass is 10.2. The summed E-state index contributed by atoms with van der Waals surface area (Å²) >= 11 is 1.41. The monoisotopic (exact) mass is 306 g/mol. The first-order valence-corrected chi connectivity index (χ1v) is 7.70. The number of hydrogen-bond acceptors (Lipinski definition) is 4. The van der Waals surface area contributed by atoms with E-state index in [4.69, 9.17) is 4.74 Å². The second kappa shape index (κ2) is 6.67. The molecule has 112 valence electrons. The minimum atomic E-state index is -0.332. The van der Waals surface area contributed by atoms with Crippen LogP contribution in [0.5, 0.6) is 0 Å². The molecular weight excluding hydrogens is 288 g/mol. The number of amides is 1. The van der Waals surface area contributed by atoms with E-state index in [0.717, 1.165) is 16.6 Å². The lowest BCUT2D eigenvalue weighted by Gasteiger charge is -2.05. The number of hydrogen-bond donors (Lipinski definition) is 0. The number of esters is 1. The average molecular weight is 306 g/mol. The Morgan fingerprint density at radius 1 is 1.33 bits per heavy atom. The van der Waals surface area contributed by atoms with Crippen molar-refractivity contribution in [3.8, 4) is 0 Å². The predicted molar refractivity (Wildman–Crippen MR) is 82.1 cm³/mol. The molecule has 0 unspecified atom stereocenters. The first-order chi connectivity index (χ1) is 10.0. The Morgan fingerprint density at radius 3 is 2.71 bits per heavy atom. The molecule has 5 nitrogen and oxygen atoms in total. The molecule has 0 bridgehead atoms. The summed E-state index contributed by atoms with van der Waals surface area (Å²) < 4.78 is 7.73. The Balaban J connectivity index is 2.58. The summed E-state index contributed by atoms with van der Waals surface area (Å²) in [5.74, 6) is -0.614. The van der Waals surface area contributed by atoms with Gasteiger partial charge in [0.2, 0.25) is 5.91 Å². The highest BCUT2D eigenvalue weighted by Crippen LogP contribution is 2.19. The summed E-state index contributed by atoms with van der Waals surface area (Å²) in [5, 5.41) is 0. The molecule has 21 heavy (non-hydrogen) atoms. The van der Waals surface area contributed by atoms with Crippen molar-refractivity contribution in [2.24, 2.45) is 4.99 Å². The van der Waals surface area contributed by atoms with Crippen LogP contribution < -0.4 is 4.80 Å². The largest absolute Gasteiger partial charge is 0.465 e. The van der Waals surface area contributed by atoms with Gasteiger partial charge in [-0.1, -0.05) is 24.3 Å². The molecule has 0 saturated heterocycles. The molecule has 6 heteroatoms. The minimum Gasteiger partial charge on any atom is -0.465 e. The van der Waals surface area contributed by atoms with Crippen LogP contribution in [0.25, 0.3) is 10.2 Å². The van der Waals surface area contributed by atoms with Gasteiger partial charge < -0.3 is 9.30 Å². The van der Waals surface area contributed by atoms with Crippen LogP contribution in [0.15, 0.2) is 23.2 Å². The molecule has 2 rings (SSSR count).